The summed E-state index contributed by atoms with van der Waals surface area (Å²) in [5.74, 6) is 1.35. The third-order valence-corrected chi connectivity index (χ3v) is 22.2. The molecular weight excluding hydrogens is 1260 g/mol. The highest BCUT2D eigenvalue weighted by Gasteiger charge is 2.39. The minimum Gasteiger partial charge on any atom is -0.256 e. The van der Waals surface area contributed by atoms with Gasteiger partial charge >= 0.3 is 0 Å². The maximum atomic E-state index is 5.39. The molecule has 14 aromatic carbocycles. The normalized spacial score (nSPS) is 13.2. The van der Waals surface area contributed by atoms with E-state index in [1.807, 2.05) is 42.7 Å². The van der Waals surface area contributed by atoms with E-state index in [1.54, 1.807) is 0 Å². The smallest absolute Gasteiger partial charge is 0.160 e. The molecule has 0 radical (unpaired) electrons. The number of hydrogen-bond acceptors (Lipinski definition) is 6. The topological polar surface area (TPSA) is 77.3 Å². The van der Waals surface area contributed by atoms with Crippen LogP contribution in [0.2, 0.25) is 0 Å². The van der Waals surface area contributed by atoms with Gasteiger partial charge in [-0.3, -0.25) is 9.97 Å². The van der Waals surface area contributed by atoms with Crippen molar-refractivity contribution in [3.63, 3.8) is 0 Å². The van der Waals surface area contributed by atoms with Crippen molar-refractivity contribution >= 4 is 54.0 Å². The number of pyridine rings is 2. The van der Waals surface area contributed by atoms with Gasteiger partial charge in [0.05, 0.1) is 34.0 Å². The van der Waals surface area contributed by atoms with Crippen LogP contribution in [0.3, 0.4) is 0 Å². The fraction of sp³-hybridized carbons (Fsp3) is 0.0612. The predicted octanol–water partition coefficient (Wildman–Crippen LogP) is 25.1. The average molecular weight is 1330 g/mol. The summed E-state index contributed by atoms with van der Waals surface area (Å²) in [7, 11) is 0. The van der Waals surface area contributed by atoms with Crippen molar-refractivity contribution in [1.29, 1.82) is 0 Å². The van der Waals surface area contributed by atoms with Crippen LogP contribution in [0.4, 0.5) is 0 Å². The van der Waals surface area contributed by atoms with Gasteiger partial charge in [0.25, 0.3) is 0 Å². The average Bonchev–Trinajstić information content (AvgIpc) is 1.56. The fourth-order valence-electron chi connectivity index (χ4n) is 17.0. The van der Waals surface area contributed by atoms with E-state index >= 15 is 0 Å². The van der Waals surface area contributed by atoms with Crippen molar-refractivity contribution in [3.8, 4) is 135 Å². The summed E-state index contributed by atoms with van der Waals surface area (Å²) in [6.07, 6.45) is 3.87. The molecule has 0 bridgehead atoms. The lowest BCUT2D eigenvalue weighted by atomic mass is 9.80. The molecule has 4 heterocycles. The van der Waals surface area contributed by atoms with Gasteiger partial charge in [-0.2, -0.15) is 0 Å². The molecule has 0 amide bonds. The molecule has 488 valence electrons. The summed E-state index contributed by atoms with van der Waals surface area (Å²) < 4.78 is 0. The van der Waals surface area contributed by atoms with E-state index in [0.29, 0.717) is 11.6 Å². The summed E-state index contributed by atoms with van der Waals surface area (Å²) in [5, 5.41) is 10.6. The Hall–Kier alpha value is -13.2. The van der Waals surface area contributed by atoms with E-state index in [4.69, 9.17) is 24.9 Å². The van der Waals surface area contributed by atoms with Gasteiger partial charge in [-0.05, 0) is 170 Å². The first kappa shape index (κ1) is 60.8. The zero-order chi connectivity index (χ0) is 69.4. The van der Waals surface area contributed by atoms with Gasteiger partial charge in [0.15, 0.2) is 11.6 Å². The van der Waals surface area contributed by atoms with Gasteiger partial charge in [0.2, 0.25) is 0 Å². The zero-order valence-electron chi connectivity index (χ0n) is 57.9. The summed E-state index contributed by atoms with van der Waals surface area (Å²) in [6, 6.07) is 114. The van der Waals surface area contributed by atoms with E-state index in [-0.39, 0.29) is 10.8 Å². The summed E-state index contributed by atoms with van der Waals surface area (Å²) in [4.78, 5) is 31.3. The van der Waals surface area contributed by atoms with Crippen LogP contribution in [0, 0.1) is 0 Å². The maximum Gasteiger partial charge on any atom is 0.160 e. The lowest BCUT2D eigenvalue weighted by molar-refractivity contribution is 0.661. The fourth-order valence-corrected chi connectivity index (χ4v) is 17.0. The standard InChI is InChI=1S/C98H66N6/c1-97(2)83-47-40-63(53-81(83)93-69-29-12-11-22-59(69)39-49-85(93)97)67-43-45-77(72-32-15-13-30-70(67)72)90-56-89(101-95(102-90)60-23-7-5-8-24-60)65-28-19-27-62(52-65)66-42-50-88(100-58-66)80-55-86-94(79-35-18-17-34-74(79)80)82-54-64(41-48-84(82)98(86,3)4)68-44-46-78(73-33-16-14-31-71(68)73)92-57-91(103-96(104-92)61-25-9-6-10-26-61)76-36-20-38-87-75(76)37-21-51-99-87/h5-58H,1-4H3. The third kappa shape index (κ3) is 9.77. The van der Waals surface area contributed by atoms with Crippen LogP contribution in [0.5, 0.6) is 0 Å². The van der Waals surface area contributed by atoms with Crippen molar-refractivity contribution in [2.45, 2.75) is 38.5 Å². The second kappa shape index (κ2) is 23.7. The highest BCUT2D eigenvalue weighted by atomic mass is 14.9. The Morgan fingerprint density at radius 3 is 1.28 bits per heavy atom. The van der Waals surface area contributed by atoms with Gasteiger partial charge in [0.1, 0.15) is 0 Å². The van der Waals surface area contributed by atoms with Gasteiger partial charge in [-0.25, -0.2) is 19.9 Å². The van der Waals surface area contributed by atoms with Crippen molar-refractivity contribution in [2.75, 3.05) is 0 Å². The number of aromatic nitrogens is 6. The molecule has 6 heteroatoms. The molecule has 0 N–H and O–H groups in total. The Labute approximate surface area is 603 Å². The van der Waals surface area contributed by atoms with Gasteiger partial charge in [-0.1, -0.05) is 289 Å². The van der Waals surface area contributed by atoms with Crippen molar-refractivity contribution in [3.05, 3.63) is 350 Å². The largest absolute Gasteiger partial charge is 0.256 e. The minimum atomic E-state index is -0.294. The van der Waals surface area contributed by atoms with E-state index in [9.17, 15) is 0 Å². The Bertz CT molecular complexity index is 6590. The first-order valence-electron chi connectivity index (χ1n) is 35.8. The molecule has 20 rings (SSSR count). The molecule has 18 aromatic rings. The predicted molar refractivity (Wildman–Crippen MR) is 430 cm³/mol. The monoisotopic (exact) mass is 1330 g/mol. The third-order valence-electron chi connectivity index (χ3n) is 22.2. The lowest BCUT2D eigenvalue weighted by Gasteiger charge is -2.23. The minimum absolute atomic E-state index is 0.112. The number of rotatable bonds is 10. The molecule has 4 aromatic heterocycles. The van der Waals surface area contributed by atoms with Crippen molar-refractivity contribution in [1.82, 2.24) is 29.9 Å². The first-order valence-corrected chi connectivity index (χ1v) is 35.8. The molecule has 0 aliphatic heterocycles. The number of benzene rings is 14. The van der Waals surface area contributed by atoms with Gasteiger partial charge < -0.3 is 0 Å². The van der Waals surface area contributed by atoms with Crippen LogP contribution in [-0.2, 0) is 10.8 Å². The number of fused-ring (bicyclic) bond motifs is 13. The molecule has 2 aliphatic carbocycles. The summed E-state index contributed by atoms with van der Waals surface area (Å²) >= 11 is 0. The zero-order valence-corrected chi connectivity index (χ0v) is 57.9. The van der Waals surface area contributed by atoms with Crippen molar-refractivity contribution in [2.24, 2.45) is 0 Å². The highest BCUT2D eigenvalue weighted by Crippen LogP contribution is 2.56. The Balaban J connectivity index is 0.635. The number of hydrogen-bond donors (Lipinski definition) is 0. The molecule has 104 heavy (non-hydrogen) atoms. The number of nitrogens with zero attached hydrogens (tertiary/aromatic N) is 6. The van der Waals surface area contributed by atoms with E-state index in [0.717, 1.165) is 117 Å². The molecule has 0 saturated heterocycles. The molecular formula is C98H66N6. The maximum absolute atomic E-state index is 5.39. The van der Waals surface area contributed by atoms with Gasteiger partial charge in [0, 0.05) is 73.1 Å². The molecule has 2 aliphatic rings. The van der Waals surface area contributed by atoms with Crippen LogP contribution >= 0.6 is 0 Å². The van der Waals surface area contributed by atoms with Crippen LogP contribution in [0.15, 0.2) is 328 Å². The van der Waals surface area contributed by atoms with Gasteiger partial charge in [-0.15, -0.1) is 0 Å². The second-order valence-electron chi connectivity index (χ2n) is 28.8. The molecule has 0 fully saturated rings. The van der Waals surface area contributed by atoms with Crippen LogP contribution < -0.4 is 0 Å². The van der Waals surface area contributed by atoms with Crippen LogP contribution in [0.1, 0.15) is 49.9 Å². The Morgan fingerprint density at radius 1 is 0.221 bits per heavy atom. The lowest BCUT2D eigenvalue weighted by Crippen LogP contribution is -2.15. The summed E-state index contributed by atoms with van der Waals surface area (Å²) in [5.41, 5.74) is 29.3. The van der Waals surface area contributed by atoms with E-state index in [1.165, 1.54) is 82.6 Å². The Morgan fingerprint density at radius 2 is 0.673 bits per heavy atom. The molecule has 6 nitrogen and oxygen atoms in total. The summed E-state index contributed by atoms with van der Waals surface area (Å²) in [6.45, 7) is 9.46. The highest BCUT2D eigenvalue weighted by molar-refractivity contribution is 6.12. The second-order valence-corrected chi connectivity index (χ2v) is 28.8. The SMILES string of the molecule is CC1(C)c2ccc(-c3ccc(-c4cc(-c5cccc(-c6ccc(-c7cc8c(c9ccccc79)-c7cc(-c9ccc(-c%10cc(-c%11cccc%12ncccc%11%12)nc(-c%11ccccc%11)n%10)c%10ccccc9%10)ccc7C8(C)C)nc6)c5)nc(-c5ccccc5)n4)c4ccccc34)cc2-c2c1ccc1ccccc21. The molecule has 0 saturated carbocycles. The van der Waals surface area contributed by atoms with E-state index in [2.05, 4.69) is 318 Å². The molecule has 0 atom stereocenters. The quantitative estimate of drug-likeness (QED) is 0.136. The van der Waals surface area contributed by atoms with Crippen LogP contribution in [0.25, 0.3) is 189 Å². The van der Waals surface area contributed by atoms with Crippen molar-refractivity contribution < 1.29 is 0 Å². The van der Waals surface area contributed by atoms with Crippen LogP contribution in [-0.4, -0.2) is 29.9 Å². The molecule has 0 spiro atoms. The Kier molecular flexibility index (Phi) is 13.9. The van der Waals surface area contributed by atoms with E-state index < -0.39 is 0 Å². The first-order chi connectivity index (χ1) is 51.1. The molecule has 0 unspecified atom stereocenters.